The van der Waals surface area contributed by atoms with Crippen molar-refractivity contribution in [2.75, 3.05) is 0 Å². The largest absolute Gasteiger partial charge is 0.208 e. The van der Waals surface area contributed by atoms with Gasteiger partial charge in [-0.2, -0.15) is 0 Å². The van der Waals surface area contributed by atoms with Gasteiger partial charge in [0, 0.05) is 0 Å². The van der Waals surface area contributed by atoms with Crippen LogP contribution in [0.25, 0.3) is 0 Å². The number of hydrogen-bond acceptors (Lipinski definition) is 0. The summed E-state index contributed by atoms with van der Waals surface area (Å²) >= 11 is 1.70. The quantitative estimate of drug-likeness (QED) is 0.370. The first-order valence-corrected chi connectivity index (χ1v) is 3.59. The van der Waals surface area contributed by atoms with Crippen LogP contribution in [0.4, 0.5) is 8.78 Å². The second-order valence-corrected chi connectivity index (χ2v) is 2.95. The lowest BCUT2D eigenvalue weighted by Gasteiger charge is -1.97. The average Bonchev–Trinajstić information content (AvgIpc) is 1.84. The van der Waals surface area contributed by atoms with Crippen molar-refractivity contribution in [3.63, 3.8) is 0 Å². The van der Waals surface area contributed by atoms with Gasteiger partial charge in [-0.1, -0.05) is 5.46 Å². The van der Waals surface area contributed by atoms with E-state index in [1.807, 2.05) is 0 Å². The molecule has 10 heavy (non-hydrogen) atoms. The molecule has 1 aromatic carbocycles. The topological polar surface area (TPSA) is 0 Å². The first-order chi connectivity index (χ1) is 4.61. The predicted molar refractivity (Wildman–Crippen MR) is 44.5 cm³/mol. The van der Waals surface area contributed by atoms with E-state index in [1.165, 1.54) is 0 Å². The van der Waals surface area contributed by atoms with Gasteiger partial charge in [0.15, 0.2) is 0 Å². The van der Waals surface area contributed by atoms with Crippen LogP contribution in [0.2, 0.25) is 0 Å². The van der Waals surface area contributed by atoms with Crippen molar-refractivity contribution in [2.24, 2.45) is 0 Å². The highest BCUT2D eigenvalue weighted by Gasteiger charge is 2.02. The Labute approximate surface area is 72.2 Å². The Kier molecular flexibility index (Phi) is 2.28. The van der Waals surface area contributed by atoms with E-state index in [-0.39, 0.29) is 9.03 Å². The first-order valence-electron chi connectivity index (χ1n) is 2.51. The lowest BCUT2D eigenvalue weighted by molar-refractivity contribution is 0.600. The molecule has 0 aliphatic rings. The van der Waals surface area contributed by atoms with Crippen LogP contribution < -0.4 is 5.46 Å². The summed E-state index contributed by atoms with van der Waals surface area (Å²) in [6, 6.07) is 2.03. The van der Waals surface area contributed by atoms with Gasteiger partial charge in [0.25, 0.3) is 0 Å². The maximum atomic E-state index is 12.5. The van der Waals surface area contributed by atoms with E-state index in [4.69, 9.17) is 7.85 Å². The minimum absolute atomic E-state index is 0.155. The van der Waals surface area contributed by atoms with Crippen molar-refractivity contribution in [3.8, 4) is 0 Å². The van der Waals surface area contributed by atoms with Crippen LogP contribution in [-0.2, 0) is 0 Å². The Morgan fingerprint density at radius 3 is 2.30 bits per heavy atom. The Bertz CT molecular complexity index is 212. The zero-order valence-corrected chi connectivity index (χ0v) is 7.02. The van der Waals surface area contributed by atoms with E-state index < -0.39 is 11.6 Å². The van der Waals surface area contributed by atoms with Crippen molar-refractivity contribution in [1.82, 2.24) is 0 Å². The molecule has 0 amide bonds. The molecule has 4 heteroatoms. The van der Waals surface area contributed by atoms with Crippen LogP contribution in [0.5, 0.6) is 0 Å². The number of halogens is 3. The normalized spacial score (nSPS) is 9.90. The fourth-order valence-corrected chi connectivity index (χ4v) is 0.967. The molecular formula is C6H2BF2I. The molecule has 0 aliphatic heterocycles. The van der Waals surface area contributed by atoms with Gasteiger partial charge >= 0.3 is 0 Å². The maximum Gasteiger partial charge on any atom is 0.136 e. The molecule has 0 aliphatic carbocycles. The molecule has 50 valence electrons. The van der Waals surface area contributed by atoms with Gasteiger partial charge < -0.3 is 0 Å². The Balaban J connectivity index is 3.28. The predicted octanol–water partition coefficient (Wildman–Crippen LogP) is 1.36. The van der Waals surface area contributed by atoms with Gasteiger partial charge in [0.1, 0.15) is 19.5 Å². The van der Waals surface area contributed by atoms with E-state index in [0.29, 0.717) is 0 Å². The highest BCUT2D eigenvalue weighted by Crippen LogP contribution is 2.09. The van der Waals surface area contributed by atoms with Crippen LogP contribution in [0.15, 0.2) is 12.1 Å². The van der Waals surface area contributed by atoms with Gasteiger partial charge in [-0.15, -0.1) is 0 Å². The zero-order valence-electron chi connectivity index (χ0n) is 4.87. The summed E-state index contributed by atoms with van der Waals surface area (Å²) in [5.41, 5.74) is -0.155. The molecule has 1 rings (SSSR count). The van der Waals surface area contributed by atoms with Crippen LogP contribution >= 0.6 is 22.6 Å². The average molecular weight is 250 g/mol. The molecule has 0 saturated heterocycles. The van der Waals surface area contributed by atoms with Gasteiger partial charge in [-0.25, -0.2) is 8.78 Å². The van der Waals surface area contributed by atoms with Crippen LogP contribution in [0.1, 0.15) is 0 Å². The number of benzene rings is 1. The molecule has 0 saturated carbocycles. The third kappa shape index (κ3) is 1.48. The lowest BCUT2D eigenvalue weighted by atomic mass is 9.96. The first kappa shape index (κ1) is 7.98. The molecule has 0 nitrogen and oxygen atoms in total. The molecular weight excluding hydrogens is 248 g/mol. The summed E-state index contributed by atoms with van der Waals surface area (Å²) in [7, 11) is 5.07. The minimum atomic E-state index is -0.578. The monoisotopic (exact) mass is 250 g/mol. The summed E-state index contributed by atoms with van der Waals surface area (Å²) in [4.78, 5) is 0. The highest BCUT2D eigenvalue weighted by atomic mass is 127. The second-order valence-electron chi connectivity index (χ2n) is 1.79. The molecule has 0 fully saturated rings. The van der Waals surface area contributed by atoms with Crippen LogP contribution in [0, 0.1) is 15.2 Å². The maximum absolute atomic E-state index is 12.5. The summed E-state index contributed by atoms with van der Waals surface area (Å²) in [5.74, 6) is -1.06. The van der Waals surface area contributed by atoms with E-state index >= 15 is 0 Å². The van der Waals surface area contributed by atoms with Crippen LogP contribution in [0.3, 0.4) is 0 Å². The van der Waals surface area contributed by atoms with E-state index in [2.05, 4.69) is 0 Å². The second kappa shape index (κ2) is 2.86. The Hall–Kier alpha value is -0.125. The minimum Gasteiger partial charge on any atom is -0.208 e. The molecule has 0 unspecified atom stereocenters. The van der Waals surface area contributed by atoms with Crippen molar-refractivity contribution >= 4 is 35.9 Å². The van der Waals surface area contributed by atoms with Crippen molar-refractivity contribution in [2.45, 2.75) is 0 Å². The van der Waals surface area contributed by atoms with Crippen molar-refractivity contribution in [1.29, 1.82) is 0 Å². The molecule has 1 aromatic rings. The van der Waals surface area contributed by atoms with Gasteiger partial charge in [0.2, 0.25) is 0 Å². The van der Waals surface area contributed by atoms with Gasteiger partial charge in [-0.05, 0) is 34.7 Å². The molecule has 0 N–H and O–H groups in total. The smallest absolute Gasteiger partial charge is 0.136 e. The lowest BCUT2D eigenvalue weighted by Crippen LogP contribution is -2.09. The highest BCUT2D eigenvalue weighted by molar-refractivity contribution is 14.1. The van der Waals surface area contributed by atoms with Gasteiger partial charge in [-0.3, -0.25) is 0 Å². The van der Waals surface area contributed by atoms with E-state index in [1.54, 1.807) is 22.6 Å². The van der Waals surface area contributed by atoms with E-state index in [9.17, 15) is 8.78 Å². The molecule has 0 heterocycles. The van der Waals surface area contributed by atoms with Gasteiger partial charge in [0.05, 0.1) is 3.57 Å². The zero-order chi connectivity index (χ0) is 7.72. The fraction of sp³-hybridized carbons (Fsp3) is 0. The third-order valence-electron chi connectivity index (χ3n) is 1.04. The molecule has 0 aromatic heterocycles. The fourth-order valence-electron chi connectivity index (χ4n) is 0.538. The third-order valence-corrected chi connectivity index (χ3v) is 1.87. The molecule has 2 radical (unpaired) electrons. The number of rotatable bonds is 0. The number of hydrogen-bond donors (Lipinski definition) is 0. The summed E-state index contributed by atoms with van der Waals surface area (Å²) in [6.07, 6.45) is 0. The standard InChI is InChI=1S/C6H2BF2I/c7-3-1-5(9)6(10)2-4(3)8/h1-2H. The van der Waals surface area contributed by atoms with E-state index in [0.717, 1.165) is 12.1 Å². The Morgan fingerprint density at radius 2 is 1.80 bits per heavy atom. The molecule has 0 bridgehead atoms. The van der Waals surface area contributed by atoms with Crippen molar-refractivity contribution in [3.05, 3.63) is 27.3 Å². The summed E-state index contributed by atoms with van der Waals surface area (Å²) in [5, 5.41) is 0. The molecule has 0 spiro atoms. The molecule has 0 atom stereocenters. The Morgan fingerprint density at radius 1 is 1.20 bits per heavy atom. The van der Waals surface area contributed by atoms with Crippen molar-refractivity contribution < 1.29 is 8.78 Å². The van der Waals surface area contributed by atoms with Crippen LogP contribution in [-0.4, -0.2) is 7.85 Å². The summed E-state index contributed by atoms with van der Waals surface area (Å²) < 4.78 is 25.2. The SMILES string of the molecule is [B]c1cc(F)c(I)cc1F. The summed E-state index contributed by atoms with van der Waals surface area (Å²) in [6.45, 7) is 0.